The van der Waals surface area contributed by atoms with E-state index in [9.17, 15) is 18.0 Å². The predicted octanol–water partition coefficient (Wildman–Crippen LogP) is 6.80. The Kier molecular flexibility index (Phi) is 13.0. The fraction of sp³-hybridized carbons (Fsp3) is 0.316. The summed E-state index contributed by atoms with van der Waals surface area (Å²) in [7, 11) is 0.00230. The van der Waals surface area contributed by atoms with Gasteiger partial charge in [-0.05, 0) is 135 Å². The van der Waals surface area contributed by atoms with E-state index in [1.54, 1.807) is 42.1 Å². The number of thioether (sulfide) groups is 1. The molecule has 4 aromatic rings. The van der Waals surface area contributed by atoms with Crippen LogP contribution >= 0.6 is 27.7 Å². The van der Waals surface area contributed by atoms with Gasteiger partial charge in [-0.3, -0.25) is 9.59 Å². The average Bonchev–Trinajstić information content (AvgIpc) is 3.11. The van der Waals surface area contributed by atoms with Crippen molar-refractivity contribution in [3.8, 4) is 0 Å². The molecule has 5 rings (SSSR count). The first-order valence-electron chi connectivity index (χ1n) is 16.7. The number of anilines is 2. The molecule has 1 heterocycles. The number of halogens is 1. The van der Waals surface area contributed by atoms with E-state index in [4.69, 9.17) is 0 Å². The second-order valence-electron chi connectivity index (χ2n) is 12.7. The SMILES string of the molecule is Cc1cc(S(=O)(=O)NC(=O)c2ccc(N3CCC(NC(=O)c4ccccc4Br)CC3)cc2)ccc1N[C@H](CCN(C)C)CSc1ccccc1. The van der Waals surface area contributed by atoms with Crippen LogP contribution in [0.25, 0.3) is 0 Å². The molecule has 264 valence electrons. The Labute approximate surface area is 308 Å². The lowest BCUT2D eigenvalue weighted by Crippen LogP contribution is -2.44. The molecular weight excluding hydrogens is 734 g/mol. The highest BCUT2D eigenvalue weighted by molar-refractivity contribution is 9.10. The van der Waals surface area contributed by atoms with Crippen LogP contribution in [0, 0.1) is 6.92 Å². The number of aryl methyl sites for hydroxylation is 1. The van der Waals surface area contributed by atoms with Crippen LogP contribution in [0.2, 0.25) is 0 Å². The summed E-state index contributed by atoms with van der Waals surface area (Å²) in [5.74, 6) is 0.0732. The van der Waals surface area contributed by atoms with E-state index in [0.29, 0.717) is 5.56 Å². The number of carbonyl (C=O) groups excluding carboxylic acids is 2. The lowest BCUT2D eigenvalue weighted by atomic mass is 10.0. The molecule has 0 bridgehead atoms. The van der Waals surface area contributed by atoms with Gasteiger partial charge in [-0.1, -0.05) is 30.3 Å². The Morgan fingerprint density at radius 3 is 2.26 bits per heavy atom. The fourth-order valence-electron chi connectivity index (χ4n) is 5.76. The van der Waals surface area contributed by atoms with Gasteiger partial charge < -0.3 is 20.4 Å². The Morgan fingerprint density at radius 1 is 0.920 bits per heavy atom. The summed E-state index contributed by atoms with van der Waals surface area (Å²) in [4.78, 5) is 31.3. The average molecular weight is 779 g/mol. The van der Waals surface area contributed by atoms with Gasteiger partial charge in [-0.2, -0.15) is 0 Å². The van der Waals surface area contributed by atoms with Crippen molar-refractivity contribution in [2.75, 3.05) is 49.7 Å². The number of hydrogen-bond donors (Lipinski definition) is 3. The van der Waals surface area contributed by atoms with Gasteiger partial charge in [0.05, 0.1) is 10.5 Å². The maximum absolute atomic E-state index is 13.3. The van der Waals surface area contributed by atoms with Gasteiger partial charge in [0.1, 0.15) is 0 Å². The van der Waals surface area contributed by atoms with Gasteiger partial charge >= 0.3 is 0 Å². The van der Waals surface area contributed by atoms with Gasteiger partial charge in [0.25, 0.3) is 21.8 Å². The van der Waals surface area contributed by atoms with Crippen molar-refractivity contribution in [3.05, 3.63) is 118 Å². The van der Waals surface area contributed by atoms with Crippen molar-refractivity contribution >= 4 is 60.9 Å². The summed E-state index contributed by atoms with van der Waals surface area (Å²) in [5.41, 5.74) is 3.44. The monoisotopic (exact) mass is 777 g/mol. The molecule has 0 aliphatic carbocycles. The number of carbonyl (C=O) groups is 2. The zero-order valence-electron chi connectivity index (χ0n) is 28.6. The van der Waals surface area contributed by atoms with E-state index >= 15 is 0 Å². The Hall–Kier alpha value is -3.84. The Morgan fingerprint density at radius 2 is 1.60 bits per heavy atom. The zero-order valence-corrected chi connectivity index (χ0v) is 31.8. The maximum Gasteiger partial charge on any atom is 0.264 e. The van der Waals surface area contributed by atoms with Gasteiger partial charge in [0, 0.05) is 57.2 Å². The van der Waals surface area contributed by atoms with E-state index in [1.165, 1.54) is 11.0 Å². The van der Waals surface area contributed by atoms with Crippen molar-refractivity contribution in [3.63, 3.8) is 0 Å². The first kappa shape index (κ1) is 37.4. The van der Waals surface area contributed by atoms with Crippen LogP contribution in [0.3, 0.4) is 0 Å². The second kappa shape index (κ2) is 17.4. The Balaban J connectivity index is 1.15. The van der Waals surface area contributed by atoms with Gasteiger partial charge in [-0.25, -0.2) is 13.1 Å². The highest BCUT2D eigenvalue weighted by Crippen LogP contribution is 2.26. The quantitative estimate of drug-likeness (QED) is 0.120. The summed E-state index contributed by atoms with van der Waals surface area (Å²) in [6.45, 7) is 4.27. The Bertz CT molecular complexity index is 1870. The molecule has 0 radical (unpaired) electrons. The summed E-state index contributed by atoms with van der Waals surface area (Å²) in [6.07, 6.45) is 2.49. The molecule has 0 unspecified atom stereocenters. The molecule has 0 saturated carbocycles. The largest absolute Gasteiger partial charge is 0.381 e. The molecule has 3 N–H and O–H groups in total. The first-order valence-corrected chi connectivity index (χ1v) is 19.9. The lowest BCUT2D eigenvalue weighted by Gasteiger charge is -2.34. The third kappa shape index (κ3) is 10.3. The van der Waals surface area contributed by atoms with Gasteiger partial charge in [0.15, 0.2) is 0 Å². The van der Waals surface area contributed by atoms with Gasteiger partial charge in [0.2, 0.25) is 0 Å². The standard InChI is InChI=1S/C38H44BrN5O4S2/c1-27-25-33(17-18-36(27)40-30(19-22-43(2)3)26-49-32-9-5-4-6-10-32)50(47,48)42-37(45)28-13-15-31(16-14-28)44-23-20-29(21-24-44)41-38(46)34-11-7-8-12-35(34)39/h4-18,25,29-30,40H,19-24,26H2,1-3H3,(H,41,46)(H,42,45)/t30-/m1/s1. The van der Waals surface area contributed by atoms with Crippen LogP contribution < -0.4 is 20.3 Å². The minimum Gasteiger partial charge on any atom is -0.381 e. The molecular formula is C38H44BrN5O4S2. The molecule has 1 saturated heterocycles. The molecule has 50 heavy (non-hydrogen) atoms. The number of benzene rings is 4. The fourth-order valence-corrected chi connectivity index (χ4v) is 8.28. The van der Waals surface area contributed by atoms with E-state index in [1.807, 2.05) is 55.5 Å². The van der Waals surface area contributed by atoms with Crippen LogP contribution in [-0.4, -0.2) is 76.7 Å². The summed E-state index contributed by atoms with van der Waals surface area (Å²) >= 11 is 5.23. The molecule has 2 amide bonds. The highest BCUT2D eigenvalue weighted by Gasteiger charge is 2.24. The molecule has 1 aliphatic heterocycles. The van der Waals surface area contributed by atoms with Crippen molar-refractivity contribution in [2.45, 2.75) is 48.1 Å². The molecule has 0 spiro atoms. The second-order valence-corrected chi connectivity index (χ2v) is 16.4. The molecule has 1 fully saturated rings. The molecule has 1 aliphatic rings. The van der Waals surface area contributed by atoms with E-state index in [2.05, 4.69) is 67.3 Å². The summed E-state index contributed by atoms with van der Waals surface area (Å²) < 4.78 is 29.5. The summed E-state index contributed by atoms with van der Waals surface area (Å²) in [5, 5.41) is 6.75. The maximum atomic E-state index is 13.3. The van der Waals surface area contributed by atoms with Crippen LogP contribution in [0.15, 0.2) is 111 Å². The first-order chi connectivity index (χ1) is 24.0. The number of rotatable bonds is 14. The van der Waals surface area contributed by atoms with Gasteiger partial charge in [-0.15, -0.1) is 11.8 Å². The minimum absolute atomic E-state index is 0.0311. The number of amides is 2. The highest BCUT2D eigenvalue weighted by atomic mass is 79.9. The topological polar surface area (TPSA) is 111 Å². The normalized spacial score (nSPS) is 14.3. The molecule has 4 aromatic carbocycles. The number of piperidine rings is 1. The number of nitrogens with one attached hydrogen (secondary N) is 3. The van der Waals surface area contributed by atoms with Crippen molar-refractivity contribution in [2.24, 2.45) is 0 Å². The van der Waals surface area contributed by atoms with E-state index < -0.39 is 15.9 Å². The minimum atomic E-state index is -4.10. The van der Waals surface area contributed by atoms with Crippen molar-refractivity contribution in [1.29, 1.82) is 0 Å². The van der Waals surface area contributed by atoms with E-state index in [0.717, 1.165) is 66.1 Å². The van der Waals surface area contributed by atoms with Crippen molar-refractivity contribution < 1.29 is 18.0 Å². The molecule has 9 nitrogen and oxygen atoms in total. The van der Waals surface area contributed by atoms with Crippen LogP contribution in [-0.2, 0) is 10.0 Å². The zero-order chi connectivity index (χ0) is 35.7. The lowest BCUT2D eigenvalue weighted by molar-refractivity contribution is 0.0929. The smallest absolute Gasteiger partial charge is 0.264 e. The number of sulfonamides is 1. The predicted molar refractivity (Wildman–Crippen MR) is 207 cm³/mol. The van der Waals surface area contributed by atoms with Crippen LogP contribution in [0.4, 0.5) is 11.4 Å². The molecule has 0 aromatic heterocycles. The third-order valence-electron chi connectivity index (χ3n) is 8.66. The van der Waals surface area contributed by atoms with Crippen molar-refractivity contribution in [1.82, 2.24) is 14.9 Å². The molecule has 12 heteroatoms. The molecule has 1 atom stereocenters. The third-order valence-corrected chi connectivity index (χ3v) is 11.9. The van der Waals surface area contributed by atoms with Crippen LogP contribution in [0.1, 0.15) is 45.5 Å². The van der Waals surface area contributed by atoms with Crippen LogP contribution in [0.5, 0.6) is 0 Å². The number of nitrogens with zero attached hydrogens (tertiary/aromatic N) is 2. The number of hydrogen-bond acceptors (Lipinski definition) is 8. The van der Waals surface area contributed by atoms with E-state index in [-0.39, 0.29) is 28.4 Å². The summed E-state index contributed by atoms with van der Waals surface area (Å²) in [6, 6.07) is 29.7.